The zero-order valence-corrected chi connectivity index (χ0v) is 15.8. The Bertz CT molecular complexity index is 906. The van der Waals surface area contributed by atoms with Gasteiger partial charge in [0.2, 0.25) is 0 Å². The van der Waals surface area contributed by atoms with Crippen molar-refractivity contribution in [3.63, 3.8) is 0 Å². The summed E-state index contributed by atoms with van der Waals surface area (Å²) in [5.74, 6) is 0. The third kappa shape index (κ3) is 4.74. The average molecular weight is 364 g/mol. The molecule has 0 aliphatic carbocycles. The van der Waals surface area contributed by atoms with Gasteiger partial charge in [-0.3, -0.25) is 0 Å². The van der Waals surface area contributed by atoms with Gasteiger partial charge < -0.3 is 15.4 Å². The van der Waals surface area contributed by atoms with Crippen molar-refractivity contribution in [2.75, 3.05) is 19.0 Å². The topological polar surface area (TPSA) is 68.2 Å². The largest absolute Gasteiger partial charge is 0.375 e. The molecule has 0 saturated heterocycles. The van der Waals surface area contributed by atoms with Gasteiger partial charge in [0.1, 0.15) is 0 Å². The predicted octanol–water partition coefficient (Wildman–Crippen LogP) is 4.00. The number of amides is 2. The van der Waals surface area contributed by atoms with Crippen LogP contribution in [-0.2, 0) is 4.74 Å². The summed E-state index contributed by atoms with van der Waals surface area (Å²) in [5, 5.41) is 10.2. The fraction of sp³-hybridized carbons (Fsp3) is 0.238. The number of hydrogen-bond donors (Lipinski definition) is 2. The standard InChI is InChI=1S/C21H24N4O2/c1-15-12-16(2)25(24-15)19-11-7-10-18(13-19)23-21(26)22-14-20(27-3)17-8-5-4-6-9-17/h4-13,20H,14H2,1-3H3,(H2,22,23,26). The highest BCUT2D eigenvalue weighted by Crippen LogP contribution is 2.17. The van der Waals surface area contributed by atoms with Gasteiger partial charge >= 0.3 is 6.03 Å². The monoisotopic (exact) mass is 364 g/mol. The maximum Gasteiger partial charge on any atom is 0.319 e. The highest BCUT2D eigenvalue weighted by atomic mass is 16.5. The van der Waals surface area contributed by atoms with E-state index < -0.39 is 0 Å². The van der Waals surface area contributed by atoms with E-state index in [1.807, 2.05) is 79.2 Å². The number of aryl methyl sites for hydroxylation is 2. The molecule has 0 saturated carbocycles. The first kappa shape index (κ1) is 18.7. The van der Waals surface area contributed by atoms with Crippen LogP contribution in [0.25, 0.3) is 5.69 Å². The quantitative estimate of drug-likeness (QED) is 0.695. The zero-order chi connectivity index (χ0) is 19.2. The number of nitrogens with zero attached hydrogens (tertiary/aromatic N) is 2. The van der Waals surface area contributed by atoms with E-state index in [4.69, 9.17) is 4.74 Å². The van der Waals surface area contributed by atoms with Gasteiger partial charge in [-0.2, -0.15) is 5.10 Å². The van der Waals surface area contributed by atoms with Crippen molar-refractivity contribution in [2.45, 2.75) is 20.0 Å². The maximum absolute atomic E-state index is 12.3. The van der Waals surface area contributed by atoms with Crippen molar-refractivity contribution in [3.05, 3.63) is 77.6 Å². The first-order valence-corrected chi connectivity index (χ1v) is 8.83. The van der Waals surface area contributed by atoms with E-state index in [9.17, 15) is 4.79 Å². The molecule has 6 nitrogen and oxygen atoms in total. The summed E-state index contributed by atoms with van der Waals surface area (Å²) in [6.45, 7) is 4.34. The number of aromatic nitrogens is 2. The Morgan fingerprint density at radius 2 is 1.89 bits per heavy atom. The van der Waals surface area contributed by atoms with Crippen LogP contribution in [0.2, 0.25) is 0 Å². The van der Waals surface area contributed by atoms with E-state index in [1.165, 1.54) is 0 Å². The molecule has 0 radical (unpaired) electrons. The maximum atomic E-state index is 12.3. The number of urea groups is 1. The Labute approximate surface area is 159 Å². The summed E-state index contributed by atoms with van der Waals surface area (Å²) in [6, 6.07) is 19.1. The lowest BCUT2D eigenvalue weighted by atomic mass is 10.1. The normalized spacial score (nSPS) is 11.8. The van der Waals surface area contributed by atoms with Gasteiger partial charge in [0.05, 0.1) is 17.5 Å². The number of methoxy groups -OCH3 is 1. The lowest BCUT2D eigenvalue weighted by molar-refractivity contribution is 0.104. The summed E-state index contributed by atoms with van der Waals surface area (Å²) in [7, 11) is 1.63. The number of benzene rings is 2. The van der Waals surface area contributed by atoms with E-state index in [2.05, 4.69) is 15.7 Å². The van der Waals surface area contributed by atoms with Crippen LogP contribution in [0.15, 0.2) is 60.7 Å². The van der Waals surface area contributed by atoms with E-state index in [0.717, 1.165) is 22.6 Å². The molecule has 1 heterocycles. The number of carbonyl (C=O) groups excluding carboxylic acids is 1. The number of nitrogens with one attached hydrogen (secondary N) is 2. The lowest BCUT2D eigenvalue weighted by Gasteiger charge is -2.17. The first-order chi connectivity index (χ1) is 13.1. The molecule has 6 heteroatoms. The average Bonchev–Trinajstić information content (AvgIpc) is 3.01. The van der Waals surface area contributed by atoms with E-state index in [1.54, 1.807) is 7.11 Å². The van der Waals surface area contributed by atoms with Crippen LogP contribution >= 0.6 is 0 Å². The molecule has 0 spiro atoms. The van der Waals surface area contributed by atoms with Crippen molar-refractivity contribution in [1.82, 2.24) is 15.1 Å². The minimum absolute atomic E-state index is 0.196. The molecule has 1 unspecified atom stereocenters. The van der Waals surface area contributed by atoms with Crippen molar-refractivity contribution < 1.29 is 9.53 Å². The molecule has 1 atom stereocenters. The Balaban J connectivity index is 1.63. The minimum atomic E-state index is -0.279. The molecule has 0 fully saturated rings. The minimum Gasteiger partial charge on any atom is -0.375 e. The Hall–Kier alpha value is -3.12. The van der Waals surface area contributed by atoms with Gasteiger partial charge in [-0.15, -0.1) is 0 Å². The first-order valence-electron chi connectivity index (χ1n) is 8.83. The molecular weight excluding hydrogens is 340 g/mol. The van der Waals surface area contributed by atoms with Gasteiger partial charge in [0.25, 0.3) is 0 Å². The molecule has 2 amide bonds. The molecule has 140 valence electrons. The molecule has 2 N–H and O–H groups in total. The molecule has 2 aromatic carbocycles. The highest BCUT2D eigenvalue weighted by molar-refractivity contribution is 5.89. The summed E-state index contributed by atoms with van der Waals surface area (Å²) < 4.78 is 7.33. The summed E-state index contributed by atoms with van der Waals surface area (Å²) in [5.41, 5.74) is 4.62. The second kappa shape index (κ2) is 8.51. The fourth-order valence-corrected chi connectivity index (χ4v) is 2.97. The van der Waals surface area contributed by atoms with Crippen LogP contribution < -0.4 is 10.6 Å². The summed E-state index contributed by atoms with van der Waals surface area (Å²) >= 11 is 0. The smallest absolute Gasteiger partial charge is 0.319 e. The number of ether oxygens (including phenoxy) is 1. The van der Waals surface area contributed by atoms with E-state index in [0.29, 0.717) is 12.2 Å². The lowest BCUT2D eigenvalue weighted by Crippen LogP contribution is -2.32. The van der Waals surface area contributed by atoms with E-state index in [-0.39, 0.29) is 12.1 Å². The molecule has 27 heavy (non-hydrogen) atoms. The highest BCUT2D eigenvalue weighted by Gasteiger charge is 2.12. The molecule has 3 rings (SSSR count). The van der Waals surface area contributed by atoms with Crippen LogP contribution in [0.5, 0.6) is 0 Å². The van der Waals surface area contributed by atoms with Gasteiger partial charge in [0, 0.05) is 25.0 Å². The molecule has 3 aromatic rings. The predicted molar refractivity (Wildman–Crippen MR) is 106 cm³/mol. The SMILES string of the molecule is COC(CNC(=O)Nc1cccc(-n2nc(C)cc2C)c1)c1ccccc1. The van der Waals surface area contributed by atoms with E-state index >= 15 is 0 Å². The zero-order valence-electron chi connectivity index (χ0n) is 15.8. The fourth-order valence-electron chi connectivity index (χ4n) is 2.97. The third-order valence-electron chi connectivity index (χ3n) is 4.26. The van der Waals surface area contributed by atoms with Crippen molar-refractivity contribution in [2.24, 2.45) is 0 Å². The van der Waals surface area contributed by atoms with Crippen LogP contribution in [0.1, 0.15) is 23.1 Å². The Morgan fingerprint density at radius 1 is 1.11 bits per heavy atom. The van der Waals surface area contributed by atoms with Crippen LogP contribution in [0, 0.1) is 13.8 Å². The Morgan fingerprint density at radius 3 is 2.56 bits per heavy atom. The number of carbonyl (C=O) groups is 1. The van der Waals surface area contributed by atoms with Gasteiger partial charge in [0.15, 0.2) is 0 Å². The second-order valence-corrected chi connectivity index (χ2v) is 6.36. The van der Waals surface area contributed by atoms with Gasteiger partial charge in [-0.1, -0.05) is 36.4 Å². The van der Waals surface area contributed by atoms with Crippen LogP contribution in [-0.4, -0.2) is 29.5 Å². The van der Waals surface area contributed by atoms with Gasteiger partial charge in [-0.05, 0) is 43.7 Å². The number of rotatable bonds is 6. The third-order valence-corrected chi connectivity index (χ3v) is 4.26. The van der Waals surface area contributed by atoms with Crippen LogP contribution in [0.3, 0.4) is 0 Å². The second-order valence-electron chi connectivity index (χ2n) is 6.36. The number of anilines is 1. The van der Waals surface area contributed by atoms with Gasteiger partial charge in [-0.25, -0.2) is 9.48 Å². The number of hydrogen-bond acceptors (Lipinski definition) is 3. The van der Waals surface area contributed by atoms with Crippen molar-refractivity contribution >= 4 is 11.7 Å². The summed E-state index contributed by atoms with van der Waals surface area (Å²) in [4.78, 5) is 12.3. The van der Waals surface area contributed by atoms with Crippen molar-refractivity contribution in [1.29, 1.82) is 0 Å². The van der Waals surface area contributed by atoms with Crippen LogP contribution in [0.4, 0.5) is 10.5 Å². The Kier molecular flexibility index (Phi) is 5.88. The molecule has 1 aromatic heterocycles. The summed E-state index contributed by atoms with van der Waals surface area (Å²) in [6.07, 6.45) is -0.196. The van der Waals surface area contributed by atoms with Crippen molar-refractivity contribution in [3.8, 4) is 5.69 Å². The molecule has 0 aliphatic heterocycles. The molecule has 0 bridgehead atoms. The molecular formula is C21H24N4O2. The molecule has 0 aliphatic rings.